The van der Waals surface area contributed by atoms with E-state index in [2.05, 4.69) is 11.6 Å². The molecule has 10 heteroatoms. The van der Waals surface area contributed by atoms with Crippen molar-refractivity contribution in [2.24, 2.45) is 4.99 Å². The first-order valence-electron chi connectivity index (χ1n) is 11.4. The molecule has 0 spiro atoms. The van der Waals surface area contributed by atoms with Crippen LogP contribution < -0.4 is 24.4 Å². The number of carbonyl (C=O) groups excluding carboxylic acids is 1. The molecule has 0 radical (unpaired) electrons. The lowest BCUT2D eigenvalue weighted by Crippen LogP contribution is -2.39. The number of fused-ring (bicyclic) bond motifs is 1. The summed E-state index contributed by atoms with van der Waals surface area (Å²) in [5, 5.41) is 10.2. The van der Waals surface area contributed by atoms with E-state index in [4.69, 9.17) is 14.2 Å². The number of ether oxygens (including phenoxy) is 3. The van der Waals surface area contributed by atoms with E-state index in [1.807, 2.05) is 34.7 Å². The Labute approximate surface area is 231 Å². The number of rotatable bonds is 8. The fraction of sp³-hybridized carbons (Fsp3) is 0.222. The van der Waals surface area contributed by atoms with E-state index >= 15 is 0 Å². The Morgan fingerprint density at radius 1 is 1.30 bits per heavy atom. The van der Waals surface area contributed by atoms with Crippen LogP contribution in [0.5, 0.6) is 17.2 Å². The van der Waals surface area contributed by atoms with Crippen molar-refractivity contribution in [3.05, 3.63) is 94.7 Å². The molecule has 1 unspecified atom stereocenters. The van der Waals surface area contributed by atoms with Gasteiger partial charge in [-0.25, -0.2) is 9.79 Å². The number of hydrogen-bond donors (Lipinski definition) is 1. The summed E-state index contributed by atoms with van der Waals surface area (Å²) in [5.74, 6) is 0.470. The molecule has 0 aliphatic carbocycles. The molecule has 1 aliphatic heterocycles. The van der Waals surface area contributed by atoms with E-state index in [9.17, 15) is 14.7 Å². The third kappa shape index (κ3) is 5.35. The highest BCUT2D eigenvalue weighted by atomic mass is 127. The van der Waals surface area contributed by atoms with E-state index in [0.29, 0.717) is 47.8 Å². The number of hydrogen-bond acceptors (Lipinski definition) is 8. The van der Waals surface area contributed by atoms with Crippen molar-refractivity contribution in [3.8, 4) is 17.2 Å². The van der Waals surface area contributed by atoms with Gasteiger partial charge in [-0.05, 0) is 77.9 Å². The van der Waals surface area contributed by atoms with E-state index in [0.717, 1.165) is 5.56 Å². The van der Waals surface area contributed by atoms with Crippen LogP contribution in [0.2, 0.25) is 0 Å². The number of aromatic nitrogens is 1. The minimum atomic E-state index is -0.722. The fourth-order valence-corrected chi connectivity index (χ4v) is 5.66. The second-order valence-electron chi connectivity index (χ2n) is 8.02. The lowest BCUT2D eigenvalue weighted by molar-refractivity contribution is -0.139. The molecule has 0 saturated carbocycles. The molecule has 192 valence electrons. The first-order valence-corrected chi connectivity index (χ1v) is 13.3. The van der Waals surface area contributed by atoms with Crippen molar-refractivity contribution < 1.29 is 24.1 Å². The number of methoxy groups -OCH3 is 1. The summed E-state index contributed by atoms with van der Waals surface area (Å²) in [4.78, 5) is 31.8. The fourth-order valence-electron chi connectivity index (χ4n) is 3.99. The number of nitrogens with zero attached hydrogens (tertiary/aromatic N) is 2. The molecule has 1 aliphatic rings. The van der Waals surface area contributed by atoms with Crippen LogP contribution in [-0.2, 0) is 9.53 Å². The van der Waals surface area contributed by atoms with Gasteiger partial charge in [-0.3, -0.25) is 9.36 Å². The summed E-state index contributed by atoms with van der Waals surface area (Å²) in [6.07, 6.45) is 3.38. The van der Waals surface area contributed by atoms with Gasteiger partial charge in [0, 0.05) is 0 Å². The number of benzene rings is 2. The maximum Gasteiger partial charge on any atom is 0.338 e. The van der Waals surface area contributed by atoms with E-state index in [1.165, 1.54) is 23.0 Å². The second-order valence-corrected chi connectivity index (χ2v) is 10.2. The maximum absolute atomic E-state index is 13.7. The highest BCUT2D eigenvalue weighted by Gasteiger charge is 2.33. The number of allylic oxidation sites excluding steroid dienone is 1. The molecule has 1 atom stereocenters. The topological polar surface area (TPSA) is 99.4 Å². The monoisotopic (exact) mass is 632 g/mol. The van der Waals surface area contributed by atoms with Gasteiger partial charge in [0.15, 0.2) is 16.3 Å². The van der Waals surface area contributed by atoms with Crippen molar-refractivity contribution in [1.29, 1.82) is 0 Å². The van der Waals surface area contributed by atoms with Gasteiger partial charge in [-0.1, -0.05) is 36.1 Å². The average molecular weight is 632 g/mol. The normalized spacial score (nSPS) is 15.1. The van der Waals surface area contributed by atoms with Crippen LogP contribution in [0.4, 0.5) is 0 Å². The average Bonchev–Trinajstić information content (AvgIpc) is 3.18. The number of phenolic OH excluding ortho intramolecular Hbond substituents is 1. The Hall–Kier alpha value is -3.38. The smallest absolute Gasteiger partial charge is 0.338 e. The summed E-state index contributed by atoms with van der Waals surface area (Å²) in [7, 11) is 1.47. The molecule has 4 rings (SSSR count). The summed E-state index contributed by atoms with van der Waals surface area (Å²) in [5.41, 5.74) is 1.91. The number of esters is 1. The van der Waals surface area contributed by atoms with Crippen LogP contribution in [0.15, 0.2) is 70.1 Å². The van der Waals surface area contributed by atoms with Crippen molar-refractivity contribution in [3.63, 3.8) is 0 Å². The quantitative estimate of drug-likeness (QED) is 0.231. The maximum atomic E-state index is 13.7. The predicted molar refractivity (Wildman–Crippen MR) is 150 cm³/mol. The number of thiazole rings is 1. The highest BCUT2D eigenvalue weighted by molar-refractivity contribution is 14.1. The van der Waals surface area contributed by atoms with Crippen LogP contribution >= 0.6 is 33.9 Å². The number of aromatic hydroxyl groups is 1. The highest BCUT2D eigenvalue weighted by Crippen LogP contribution is 2.33. The van der Waals surface area contributed by atoms with Gasteiger partial charge in [-0.15, -0.1) is 0 Å². The zero-order chi connectivity index (χ0) is 26.7. The molecule has 0 saturated heterocycles. The molecule has 0 bridgehead atoms. The molecule has 0 fully saturated rings. The largest absolute Gasteiger partial charge is 0.504 e. The number of phenols is 1. The van der Waals surface area contributed by atoms with Gasteiger partial charge in [0.2, 0.25) is 0 Å². The van der Waals surface area contributed by atoms with E-state index in [1.54, 1.807) is 50.3 Å². The van der Waals surface area contributed by atoms with Crippen LogP contribution in [-0.4, -0.2) is 36.0 Å². The third-order valence-electron chi connectivity index (χ3n) is 5.65. The standard InChI is InChI=1S/C27H25IN2O6S/c1-5-11-36-18-9-7-17(8-10-18)23-22(26(33)35-6-2)15(3)29-27-30(23)25(32)21(37-27)14-16-12-19(28)24(31)20(13-16)34-4/h5,7-10,12-14,23,31H,1,6,11H2,2-4H3/b21-14+. The predicted octanol–water partition coefficient (Wildman–Crippen LogP) is 3.68. The zero-order valence-corrected chi connectivity index (χ0v) is 23.5. The summed E-state index contributed by atoms with van der Waals surface area (Å²) < 4.78 is 18.7. The molecular weight excluding hydrogens is 607 g/mol. The Balaban J connectivity index is 1.90. The lowest BCUT2D eigenvalue weighted by Gasteiger charge is -2.24. The Bertz CT molecular complexity index is 1570. The first kappa shape index (κ1) is 26.7. The first-order chi connectivity index (χ1) is 17.8. The number of carbonyl (C=O) groups is 1. The second kappa shape index (κ2) is 11.3. The van der Waals surface area contributed by atoms with Crippen LogP contribution in [0.3, 0.4) is 0 Å². The van der Waals surface area contributed by atoms with Crippen molar-refractivity contribution >= 4 is 46.0 Å². The molecular formula is C27H25IN2O6S. The Morgan fingerprint density at radius 3 is 2.68 bits per heavy atom. The van der Waals surface area contributed by atoms with E-state index < -0.39 is 12.0 Å². The summed E-state index contributed by atoms with van der Waals surface area (Å²) in [6.45, 7) is 7.69. The Morgan fingerprint density at radius 2 is 2.03 bits per heavy atom. The molecule has 2 aromatic carbocycles. The minimum absolute atomic E-state index is 0.0388. The van der Waals surface area contributed by atoms with Gasteiger partial charge in [-0.2, -0.15) is 0 Å². The molecule has 0 amide bonds. The molecule has 2 heterocycles. The van der Waals surface area contributed by atoms with Gasteiger partial charge in [0.25, 0.3) is 5.56 Å². The third-order valence-corrected chi connectivity index (χ3v) is 7.45. The van der Waals surface area contributed by atoms with Crippen LogP contribution in [0.1, 0.15) is 31.0 Å². The van der Waals surface area contributed by atoms with Gasteiger partial charge >= 0.3 is 5.97 Å². The van der Waals surface area contributed by atoms with Crippen molar-refractivity contribution in [1.82, 2.24) is 4.57 Å². The zero-order valence-electron chi connectivity index (χ0n) is 20.5. The van der Waals surface area contributed by atoms with Crippen molar-refractivity contribution in [2.45, 2.75) is 19.9 Å². The minimum Gasteiger partial charge on any atom is -0.504 e. The van der Waals surface area contributed by atoms with Crippen LogP contribution in [0.25, 0.3) is 6.08 Å². The Kier molecular flexibility index (Phi) is 8.18. The van der Waals surface area contributed by atoms with Gasteiger partial charge in [0.05, 0.1) is 39.1 Å². The molecule has 3 aromatic rings. The van der Waals surface area contributed by atoms with Crippen molar-refractivity contribution in [2.75, 3.05) is 20.3 Å². The number of halogens is 1. The molecule has 1 aromatic heterocycles. The van der Waals surface area contributed by atoms with E-state index in [-0.39, 0.29) is 17.9 Å². The molecule has 37 heavy (non-hydrogen) atoms. The SMILES string of the molecule is C=CCOc1ccc(C2C(C(=O)OCC)=C(C)N=c3s/c(=C/c4cc(I)c(O)c(OC)c4)c(=O)n32)cc1. The molecule has 1 N–H and O–H groups in total. The summed E-state index contributed by atoms with van der Waals surface area (Å²) in [6, 6.07) is 9.92. The van der Waals surface area contributed by atoms with Gasteiger partial charge < -0.3 is 19.3 Å². The van der Waals surface area contributed by atoms with Gasteiger partial charge in [0.1, 0.15) is 12.4 Å². The molecule has 8 nitrogen and oxygen atoms in total. The lowest BCUT2D eigenvalue weighted by atomic mass is 9.96. The van der Waals surface area contributed by atoms with Crippen LogP contribution in [0, 0.1) is 3.57 Å². The summed E-state index contributed by atoms with van der Waals surface area (Å²) >= 11 is 3.23.